The normalized spacial score (nSPS) is 19.7. The molecule has 1 aliphatic heterocycles. The van der Waals surface area contributed by atoms with Crippen LogP contribution in [0, 0.1) is 0 Å². The number of allylic oxidation sites excluding steroid dienone is 10. The van der Waals surface area contributed by atoms with Gasteiger partial charge in [0.05, 0.1) is 6.61 Å². The largest absolute Gasteiger partial charge is 0.479 e. The van der Waals surface area contributed by atoms with Crippen molar-refractivity contribution in [2.75, 3.05) is 13.2 Å². The lowest BCUT2D eigenvalue weighted by Crippen LogP contribution is -2.60. The first-order valence-corrected chi connectivity index (χ1v) is 25.8. The molecule has 65 heavy (non-hydrogen) atoms. The molecule has 0 bridgehead atoms. The van der Waals surface area contributed by atoms with Crippen LogP contribution >= 0.6 is 0 Å². The highest BCUT2D eigenvalue weighted by atomic mass is 16.7. The summed E-state index contributed by atoms with van der Waals surface area (Å²) in [7, 11) is 0. The molecule has 6 unspecified atom stereocenters. The Kier molecular flexibility index (Phi) is 40.1. The number of carbonyl (C=O) groups excluding carboxylic acids is 2. The quantitative estimate of drug-likeness (QED) is 0.0261. The number of hydrogen-bond donors (Lipinski definition) is 4. The summed E-state index contributed by atoms with van der Waals surface area (Å²) in [6, 6.07) is 0. The van der Waals surface area contributed by atoms with Crippen molar-refractivity contribution in [1.29, 1.82) is 0 Å². The van der Waals surface area contributed by atoms with E-state index in [1.165, 1.54) is 103 Å². The number of carbonyl (C=O) groups is 3. The van der Waals surface area contributed by atoms with E-state index in [1.807, 2.05) is 0 Å². The monoisotopic (exact) mass is 917 g/mol. The van der Waals surface area contributed by atoms with Crippen LogP contribution in [0.5, 0.6) is 0 Å². The third kappa shape index (κ3) is 34.8. The van der Waals surface area contributed by atoms with Gasteiger partial charge in [0.1, 0.15) is 24.9 Å². The molecule has 6 atom stereocenters. The molecule has 11 heteroatoms. The molecule has 0 spiro atoms. The lowest BCUT2D eigenvalue weighted by molar-refractivity contribution is -0.298. The number of aliphatic carboxylic acids is 1. The van der Waals surface area contributed by atoms with Gasteiger partial charge in [-0.1, -0.05) is 203 Å². The molecule has 374 valence electrons. The summed E-state index contributed by atoms with van der Waals surface area (Å²) in [6.45, 7) is 3.70. The number of rotatable bonds is 43. The van der Waals surface area contributed by atoms with E-state index in [-0.39, 0.29) is 19.4 Å². The van der Waals surface area contributed by atoms with Gasteiger partial charge >= 0.3 is 17.9 Å². The zero-order valence-electron chi connectivity index (χ0n) is 40.7. The van der Waals surface area contributed by atoms with Gasteiger partial charge in [-0.25, -0.2) is 4.79 Å². The zero-order valence-corrected chi connectivity index (χ0v) is 40.7. The van der Waals surface area contributed by atoms with E-state index in [9.17, 15) is 34.8 Å². The first-order valence-electron chi connectivity index (χ1n) is 25.8. The predicted molar refractivity (Wildman–Crippen MR) is 261 cm³/mol. The molecular formula is C54H92O11. The van der Waals surface area contributed by atoms with Gasteiger partial charge in [0.2, 0.25) is 0 Å². The first-order chi connectivity index (χ1) is 31.7. The summed E-state index contributed by atoms with van der Waals surface area (Å²) in [5, 5.41) is 39.9. The second-order valence-electron chi connectivity index (χ2n) is 17.6. The lowest BCUT2D eigenvalue weighted by atomic mass is 9.99. The Morgan fingerprint density at radius 3 is 1.37 bits per heavy atom. The molecule has 0 aromatic carbocycles. The van der Waals surface area contributed by atoms with E-state index in [0.717, 1.165) is 70.6 Å². The van der Waals surface area contributed by atoms with Gasteiger partial charge in [0.25, 0.3) is 0 Å². The van der Waals surface area contributed by atoms with Crippen LogP contribution in [0.15, 0.2) is 60.8 Å². The summed E-state index contributed by atoms with van der Waals surface area (Å²) in [5.41, 5.74) is 0. The second kappa shape index (κ2) is 43.5. The molecule has 0 aromatic rings. The minimum absolute atomic E-state index is 0.176. The third-order valence-electron chi connectivity index (χ3n) is 11.6. The number of aliphatic hydroxyl groups is 3. The van der Waals surface area contributed by atoms with Gasteiger partial charge in [0.15, 0.2) is 18.5 Å². The number of aliphatic hydroxyl groups excluding tert-OH is 3. The minimum atomic E-state index is -1.87. The van der Waals surface area contributed by atoms with Gasteiger partial charge in [0, 0.05) is 12.8 Å². The number of esters is 2. The lowest BCUT2D eigenvalue weighted by Gasteiger charge is -2.38. The van der Waals surface area contributed by atoms with E-state index >= 15 is 0 Å². The fraction of sp³-hybridized carbons (Fsp3) is 0.759. The predicted octanol–water partition coefficient (Wildman–Crippen LogP) is 12.3. The van der Waals surface area contributed by atoms with Crippen LogP contribution in [0.1, 0.15) is 213 Å². The molecule has 0 amide bonds. The minimum Gasteiger partial charge on any atom is -0.479 e. The number of carboxylic acid groups (broad SMARTS) is 1. The summed E-state index contributed by atoms with van der Waals surface area (Å²) in [5.74, 6) is -2.48. The van der Waals surface area contributed by atoms with E-state index < -0.39 is 61.3 Å². The topological polar surface area (TPSA) is 169 Å². The Labute approximate surface area is 394 Å². The molecule has 0 aromatic heterocycles. The van der Waals surface area contributed by atoms with Crippen LogP contribution < -0.4 is 0 Å². The number of unbranched alkanes of at least 4 members (excludes halogenated alkanes) is 22. The van der Waals surface area contributed by atoms with Crippen molar-refractivity contribution in [2.45, 2.75) is 250 Å². The SMILES string of the molecule is CC/C=C\C/C=C\C/C=C\C/C=C\C/C=C\CCCCCC(=O)OCC(COC1OC(C(=O)O)C(O)C(O)C1O)OC(=O)CCCCCCCCCCCCCCCCCCCCCC. The molecule has 0 radical (unpaired) electrons. The molecule has 11 nitrogen and oxygen atoms in total. The highest BCUT2D eigenvalue weighted by Gasteiger charge is 2.47. The van der Waals surface area contributed by atoms with Crippen LogP contribution in [-0.4, -0.2) is 88.4 Å². The fourth-order valence-electron chi connectivity index (χ4n) is 7.61. The van der Waals surface area contributed by atoms with Crippen molar-refractivity contribution in [1.82, 2.24) is 0 Å². The van der Waals surface area contributed by atoms with Gasteiger partial charge in [-0.05, 0) is 57.8 Å². The van der Waals surface area contributed by atoms with Crippen LogP contribution in [0.3, 0.4) is 0 Å². The molecule has 4 N–H and O–H groups in total. The van der Waals surface area contributed by atoms with Gasteiger partial charge in [-0.15, -0.1) is 0 Å². The van der Waals surface area contributed by atoms with Gasteiger partial charge in [-0.2, -0.15) is 0 Å². The van der Waals surface area contributed by atoms with Crippen molar-refractivity contribution < 1.29 is 53.8 Å². The number of hydrogen-bond acceptors (Lipinski definition) is 10. The third-order valence-corrected chi connectivity index (χ3v) is 11.6. The summed E-state index contributed by atoms with van der Waals surface area (Å²) in [4.78, 5) is 37.0. The van der Waals surface area contributed by atoms with Gasteiger partial charge < -0.3 is 39.4 Å². The Hall–Kier alpha value is -3.09. The summed E-state index contributed by atoms with van der Waals surface area (Å²) >= 11 is 0. The van der Waals surface area contributed by atoms with E-state index in [1.54, 1.807) is 0 Å². The first kappa shape index (κ1) is 59.9. The summed E-state index contributed by atoms with van der Waals surface area (Å²) in [6.07, 6.45) is 45.5. The highest BCUT2D eigenvalue weighted by Crippen LogP contribution is 2.23. The van der Waals surface area contributed by atoms with Crippen molar-refractivity contribution in [3.05, 3.63) is 60.8 Å². The van der Waals surface area contributed by atoms with Crippen LogP contribution in [0.4, 0.5) is 0 Å². The average Bonchev–Trinajstić information content (AvgIpc) is 3.29. The molecule has 0 aliphatic carbocycles. The number of ether oxygens (including phenoxy) is 4. The van der Waals surface area contributed by atoms with Crippen LogP contribution in [0.25, 0.3) is 0 Å². The van der Waals surface area contributed by atoms with E-state index in [4.69, 9.17) is 18.9 Å². The standard InChI is InChI=1S/C54H92O11/c1-3-5-7-9-11-13-15-17-19-21-23-25-27-29-31-33-35-37-39-41-43-48(56)64-46(45-63-54-51(59)49(57)50(58)52(65-54)53(60)61)44-62-47(55)42-40-38-36-34-32-30-28-26-24-22-20-18-16-14-12-10-8-6-4-2/h6,8,12,14,18,20,24,26,30,32,46,49-52,54,57-59H,3-5,7,9-11,13,15-17,19,21-23,25,27-29,31,33-45H2,1-2H3,(H,60,61)/b8-6-,14-12-,20-18-,26-24-,32-30-. The Morgan fingerprint density at radius 2 is 0.908 bits per heavy atom. The Bertz CT molecular complexity index is 1310. The number of carboxylic acids is 1. The van der Waals surface area contributed by atoms with Gasteiger partial charge in [-0.3, -0.25) is 9.59 Å². The van der Waals surface area contributed by atoms with Crippen molar-refractivity contribution in [3.63, 3.8) is 0 Å². The van der Waals surface area contributed by atoms with Crippen molar-refractivity contribution >= 4 is 17.9 Å². The maximum Gasteiger partial charge on any atom is 0.335 e. The summed E-state index contributed by atoms with van der Waals surface area (Å²) < 4.78 is 21.8. The van der Waals surface area contributed by atoms with E-state index in [0.29, 0.717) is 12.8 Å². The van der Waals surface area contributed by atoms with Crippen molar-refractivity contribution in [3.8, 4) is 0 Å². The second-order valence-corrected chi connectivity index (χ2v) is 17.6. The Balaban J connectivity index is 2.32. The Morgan fingerprint density at radius 1 is 0.492 bits per heavy atom. The van der Waals surface area contributed by atoms with Crippen molar-refractivity contribution in [2.24, 2.45) is 0 Å². The molecule has 1 aliphatic rings. The molecule has 1 rings (SSSR count). The van der Waals surface area contributed by atoms with Crippen LogP contribution in [0.2, 0.25) is 0 Å². The van der Waals surface area contributed by atoms with E-state index in [2.05, 4.69) is 74.6 Å². The molecular weight excluding hydrogens is 825 g/mol. The maximum atomic E-state index is 12.8. The molecule has 1 saturated heterocycles. The fourth-order valence-corrected chi connectivity index (χ4v) is 7.61. The molecule has 1 heterocycles. The average molecular weight is 917 g/mol. The zero-order chi connectivity index (χ0) is 47.4. The van der Waals surface area contributed by atoms with Crippen LogP contribution in [-0.2, 0) is 33.3 Å². The molecule has 0 saturated carbocycles. The maximum absolute atomic E-state index is 12.8. The smallest absolute Gasteiger partial charge is 0.335 e. The molecule has 1 fully saturated rings. The highest BCUT2D eigenvalue weighted by molar-refractivity contribution is 5.73.